The Kier molecular flexibility index (Phi) is 4.41. The van der Waals surface area contributed by atoms with Gasteiger partial charge >= 0.3 is 0 Å². The van der Waals surface area contributed by atoms with Crippen LogP contribution in [0.1, 0.15) is 17.4 Å². The number of anilines is 1. The fraction of sp³-hybridized carbons (Fsp3) is 0.231. The number of nitrogen functional groups attached to an aromatic ring is 1. The first-order valence-electron chi connectivity index (χ1n) is 5.74. The maximum atomic E-state index is 10.4. The molecule has 20 heavy (non-hydrogen) atoms. The van der Waals surface area contributed by atoms with E-state index in [2.05, 4.69) is 25.9 Å². The van der Waals surface area contributed by atoms with E-state index in [1.165, 1.54) is 20.4 Å². The van der Waals surface area contributed by atoms with Gasteiger partial charge in [0.25, 0.3) is 0 Å². The van der Waals surface area contributed by atoms with Crippen molar-refractivity contribution in [2.45, 2.75) is 6.10 Å². The number of methoxy groups -OCH3 is 2. The number of benzene rings is 1. The minimum absolute atomic E-state index is 0.191. The van der Waals surface area contributed by atoms with Crippen molar-refractivity contribution in [1.29, 1.82) is 0 Å². The molecule has 106 valence electrons. The zero-order valence-electron chi connectivity index (χ0n) is 11.0. The Balaban J connectivity index is 2.47. The lowest BCUT2D eigenvalue weighted by Gasteiger charge is -2.15. The van der Waals surface area contributed by atoms with Crippen LogP contribution in [-0.4, -0.2) is 29.3 Å². The monoisotopic (exact) mass is 339 g/mol. The van der Waals surface area contributed by atoms with Crippen LogP contribution in [0.4, 0.5) is 5.69 Å². The van der Waals surface area contributed by atoms with E-state index in [-0.39, 0.29) is 11.6 Å². The Labute approximate surface area is 124 Å². The molecule has 0 aliphatic rings. The fourth-order valence-corrected chi connectivity index (χ4v) is 2.11. The minimum atomic E-state index is -1.04. The average molecular weight is 340 g/mol. The van der Waals surface area contributed by atoms with Gasteiger partial charge in [-0.05, 0) is 18.2 Å². The van der Waals surface area contributed by atoms with Crippen LogP contribution < -0.4 is 15.2 Å². The van der Waals surface area contributed by atoms with E-state index >= 15 is 0 Å². The molecule has 2 rings (SSSR count). The molecule has 1 atom stereocenters. The molecule has 0 aliphatic heterocycles. The molecule has 0 saturated carbocycles. The largest absolute Gasteiger partial charge is 0.480 e. The van der Waals surface area contributed by atoms with Crippen LogP contribution in [0.25, 0.3) is 0 Å². The molecule has 1 aromatic heterocycles. The number of nitrogens with two attached hydrogens (primary N) is 1. The van der Waals surface area contributed by atoms with Gasteiger partial charge in [-0.25, -0.2) is 4.98 Å². The first-order chi connectivity index (χ1) is 9.56. The van der Waals surface area contributed by atoms with Crippen LogP contribution >= 0.6 is 15.9 Å². The van der Waals surface area contributed by atoms with Crippen molar-refractivity contribution in [2.24, 2.45) is 0 Å². The number of hydrogen-bond donors (Lipinski definition) is 2. The predicted molar refractivity (Wildman–Crippen MR) is 77.8 cm³/mol. The molecule has 1 unspecified atom stereocenters. The van der Waals surface area contributed by atoms with Gasteiger partial charge in [0.15, 0.2) is 0 Å². The second kappa shape index (κ2) is 6.06. The summed E-state index contributed by atoms with van der Waals surface area (Å²) in [7, 11) is 2.93. The van der Waals surface area contributed by atoms with E-state index in [4.69, 9.17) is 15.2 Å². The lowest BCUT2D eigenvalue weighted by Crippen LogP contribution is -2.09. The summed E-state index contributed by atoms with van der Waals surface area (Å²) < 4.78 is 10.9. The van der Waals surface area contributed by atoms with E-state index in [0.717, 1.165) is 4.47 Å². The highest BCUT2D eigenvalue weighted by molar-refractivity contribution is 9.10. The number of rotatable bonds is 4. The summed E-state index contributed by atoms with van der Waals surface area (Å²) in [6, 6.07) is 5.22. The number of halogens is 1. The van der Waals surface area contributed by atoms with Crippen molar-refractivity contribution in [3.63, 3.8) is 0 Å². The van der Waals surface area contributed by atoms with E-state index in [0.29, 0.717) is 17.1 Å². The van der Waals surface area contributed by atoms with Gasteiger partial charge in [-0.15, -0.1) is 0 Å². The van der Waals surface area contributed by atoms with Crippen molar-refractivity contribution >= 4 is 21.6 Å². The van der Waals surface area contributed by atoms with Gasteiger partial charge in [0.1, 0.15) is 11.8 Å². The van der Waals surface area contributed by atoms with Crippen LogP contribution in [0.2, 0.25) is 0 Å². The molecular formula is C13H14BrN3O3. The summed E-state index contributed by atoms with van der Waals surface area (Å²) in [6.45, 7) is 0. The Bertz CT molecular complexity index is 622. The zero-order chi connectivity index (χ0) is 14.7. The number of aliphatic hydroxyl groups excluding tert-OH is 1. The SMILES string of the molecule is COc1cnc(C(O)c2cc(Br)ccc2N)c(OC)n1. The molecule has 6 nitrogen and oxygen atoms in total. The molecule has 0 saturated heterocycles. The summed E-state index contributed by atoms with van der Waals surface area (Å²) in [5, 5.41) is 10.4. The molecule has 7 heteroatoms. The average Bonchev–Trinajstić information content (AvgIpc) is 2.48. The number of aliphatic hydroxyl groups is 1. The molecule has 1 heterocycles. The summed E-state index contributed by atoms with van der Waals surface area (Å²) in [4.78, 5) is 8.22. The second-order valence-corrected chi connectivity index (χ2v) is 4.90. The van der Waals surface area contributed by atoms with Crippen LogP contribution in [0.5, 0.6) is 11.8 Å². The van der Waals surface area contributed by atoms with Crippen molar-refractivity contribution in [3.05, 3.63) is 40.1 Å². The van der Waals surface area contributed by atoms with Gasteiger partial charge in [-0.1, -0.05) is 15.9 Å². The van der Waals surface area contributed by atoms with Gasteiger partial charge < -0.3 is 20.3 Å². The van der Waals surface area contributed by atoms with Crippen LogP contribution in [0.15, 0.2) is 28.9 Å². The quantitative estimate of drug-likeness (QED) is 0.827. The fourth-order valence-electron chi connectivity index (χ4n) is 1.73. The number of ether oxygens (including phenoxy) is 2. The van der Waals surface area contributed by atoms with Crippen molar-refractivity contribution in [2.75, 3.05) is 20.0 Å². The smallest absolute Gasteiger partial charge is 0.241 e. The van der Waals surface area contributed by atoms with Gasteiger partial charge in [0, 0.05) is 15.7 Å². The molecule has 0 spiro atoms. The predicted octanol–water partition coefficient (Wildman–Crippen LogP) is 1.92. The molecule has 2 aromatic rings. The normalized spacial score (nSPS) is 12.0. The number of aromatic nitrogens is 2. The molecule has 0 amide bonds. The molecule has 3 N–H and O–H groups in total. The number of hydrogen-bond acceptors (Lipinski definition) is 6. The van der Waals surface area contributed by atoms with Crippen LogP contribution in [-0.2, 0) is 0 Å². The highest BCUT2D eigenvalue weighted by atomic mass is 79.9. The Morgan fingerprint density at radius 3 is 2.70 bits per heavy atom. The van der Waals surface area contributed by atoms with Gasteiger partial charge in [-0.2, -0.15) is 4.98 Å². The molecule has 0 aliphatic carbocycles. The molecular weight excluding hydrogens is 326 g/mol. The highest BCUT2D eigenvalue weighted by Crippen LogP contribution is 2.32. The Hall–Kier alpha value is -1.86. The third-order valence-corrected chi connectivity index (χ3v) is 3.24. The van der Waals surface area contributed by atoms with Gasteiger partial charge in [-0.3, -0.25) is 0 Å². The lowest BCUT2D eigenvalue weighted by atomic mass is 10.0. The van der Waals surface area contributed by atoms with Crippen molar-refractivity contribution < 1.29 is 14.6 Å². The lowest BCUT2D eigenvalue weighted by molar-refractivity contribution is 0.207. The van der Waals surface area contributed by atoms with E-state index in [1.54, 1.807) is 18.2 Å². The maximum absolute atomic E-state index is 10.4. The molecule has 0 fully saturated rings. The molecule has 0 bridgehead atoms. The summed E-state index contributed by atoms with van der Waals surface area (Å²) in [5.74, 6) is 0.497. The maximum Gasteiger partial charge on any atom is 0.241 e. The third kappa shape index (κ3) is 2.83. The second-order valence-electron chi connectivity index (χ2n) is 3.98. The van der Waals surface area contributed by atoms with Gasteiger partial charge in [0.2, 0.25) is 11.8 Å². The standard InChI is InChI=1S/C13H14BrN3O3/c1-19-10-6-16-11(13(17-10)20-2)12(18)8-5-7(14)3-4-9(8)15/h3-6,12,18H,15H2,1-2H3. The third-order valence-electron chi connectivity index (χ3n) is 2.75. The summed E-state index contributed by atoms with van der Waals surface area (Å²) >= 11 is 3.34. The Morgan fingerprint density at radius 2 is 2.05 bits per heavy atom. The van der Waals surface area contributed by atoms with Crippen molar-refractivity contribution in [1.82, 2.24) is 9.97 Å². The summed E-state index contributed by atoms with van der Waals surface area (Å²) in [5.41, 5.74) is 7.14. The van der Waals surface area contributed by atoms with Crippen LogP contribution in [0, 0.1) is 0 Å². The minimum Gasteiger partial charge on any atom is -0.480 e. The van der Waals surface area contributed by atoms with E-state index in [9.17, 15) is 5.11 Å². The Morgan fingerprint density at radius 1 is 1.30 bits per heavy atom. The highest BCUT2D eigenvalue weighted by Gasteiger charge is 2.21. The zero-order valence-corrected chi connectivity index (χ0v) is 12.6. The molecule has 1 aromatic carbocycles. The first kappa shape index (κ1) is 14.5. The topological polar surface area (TPSA) is 90.5 Å². The van der Waals surface area contributed by atoms with Crippen LogP contribution in [0.3, 0.4) is 0 Å². The number of nitrogens with zero attached hydrogens (tertiary/aromatic N) is 2. The van der Waals surface area contributed by atoms with Crippen molar-refractivity contribution in [3.8, 4) is 11.8 Å². The van der Waals surface area contributed by atoms with E-state index in [1.807, 2.05) is 0 Å². The molecule has 0 radical (unpaired) electrons. The first-order valence-corrected chi connectivity index (χ1v) is 6.54. The van der Waals surface area contributed by atoms with Gasteiger partial charge in [0.05, 0.1) is 20.4 Å². The van der Waals surface area contributed by atoms with E-state index < -0.39 is 6.10 Å². The summed E-state index contributed by atoms with van der Waals surface area (Å²) in [6.07, 6.45) is 0.371.